The summed E-state index contributed by atoms with van der Waals surface area (Å²) >= 11 is 0. The van der Waals surface area contributed by atoms with E-state index in [0.29, 0.717) is 0 Å². The van der Waals surface area contributed by atoms with Crippen molar-refractivity contribution in [2.24, 2.45) is 0 Å². The van der Waals surface area contributed by atoms with Crippen LogP contribution >= 0.6 is 0 Å². The standard InChI is InChI=1S/C30H32N2/c1-23(25-15-7-3-8-16-25)31-29(27-19-11-5-12-20-27)30(28-21-13-6-14-22-28)32-24(2)26-17-9-4-10-18-26/h3-24,29-32H,1-2H3/t23-,24-,29-,30-/m0/s1. The van der Waals surface area contributed by atoms with Gasteiger partial charge in [-0.1, -0.05) is 121 Å². The molecule has 4 aromatic carbocycles. The lowest BCUT2D eigenvalue weighted by Crippen LogP contribution is -2.37. The van der Waals surface area contributed by atoms with Gasteiger partial charge in [0.05, 0.1) is 12.1 Å². The summed E-state index contributed by atoms with van der Waals surface area (Å²) in [6, 6.07) is 43.5. The van der Waals surface area contributed by atoms with Gasteiger partial charge in [-0.15, -0.1) is 0 Å². The number of nitrogens with one attached hydrogen (secondary N) is 2. The van der Waals surface area contributed by atoms with Crippen LogP contribution < -0.4 is 10.6 Å². The van der Waals surface area contributed by atoms with Crippen molar-refractivity contribution in [3.8, 4) is 0 Å². The fourth-order valence-corrected chi connectivity index (χ4v) is 4.31. The molecule has 32 heavy (non-hydrogen) atoms. The summed E-state index contributed by atoms with van der Waals surface area (Å²) in [6.45, 7) is 4.49. The van der Waals surface area contributed by atoms with Crippen LogP contribution in [0.2, 0.25) is 0 Å². The van der Waals surface area contributed by atoms with E-state index in [1.165, 1.54) is 22.3 Å². The second-order valence-corrected chi connectivity index (χ2v) is 8.37. The molecule has 0 spiro atoms. The zero-order valence-electron chi connectivity index (χ0n) is 18.9. The van der Waals surface area contributed by atoms with E-state index in [1.807, 2.05) is 0 Å². The summed E-state index contributed by atoms with van der Waals surface area (Å²) in [7, 11) is 0. The van der Waals surface area contributed by atoms with Crippen molar-refractivity contribution >= 4 is 0 Å². The first-order valence-corrected chi connectivity index (χ1v) is 11.4. The molecule has 0 amide bonds. The normalized spacial score (nSPS) is 14.9. The van der Waals surface area contributed by atoms with E-state index in [9.17, 15) is 0 Å². The Morgan fingerprint density at radius 2 is 0.625 bits per heavy atom. The van der Waals surface area contributed by atoms with Gasteiger partial charge in [-0.05, 0) is 36.1 Å². The molecule has 2 N–H and O–H groups in total. The molecule has 4 aromatic rings. The van der Waals surface area contributed by atoms with E-state index in [-0.39, 0.29) is 24.2 Å². The molecule has 0 aromatic heterocycles. The third kappa shape index (κ3) is 5.53. The van der Waals surface area contributed by atoms with Gasteiger partial charge in [-0.25, -0.2) is 0 Å². The van der Waals surface area contributed by atoms with Gasteiger partial charge < -0.3 is 10.6 Å². The van der Waals surface area contributed by atoms with Crippen LogP contribution in [0, 0.1) is 0 Å². The third-order valence-corrected chi connectivity index (χ3v) is 6.11. The molecule has 0 aliphatic rings. The van der Waals surface area contributed by atoms with Crippen LogP contribution in [0.5, 0.6) is 0 Å². The van der Waals surface area contributed by atoms with Crippen molar-refractivity contribution in [3.63, 3.8) is 0 Å². The second-order valence-electron chi connectivity index (χ2n) is 8.37. The van der Waals surface area contributed by atoms with Crippen molar-refractivity contribution in [1.82, 2.24) is 10.6 Å². The van der Waals surface area contributed by atoms with E-state index < -0.39 is 0 Å². The molecule has 0 unspecified atom stereocenters. The SMILES string of the molecule is C[C@H](N[C@@H](c1ccccc1)[C@@H](N[C@@H](C)c1ccccc1)c1ccccc1)c1ccccc1. The van der Waals surface area contributed by atoms with Gasteiger partial charge in [-0.2, -0.15) is 0 Å². The highest BCUT2D eigenvalue weighted by Crippen LogP contribution is 2.33. The number of hydrogen-bond acceptors (Lipinski definition) is 2. The maximum Gasteiger partial charge on any atom is 0.0523 e. The van der Waals surface area contributed by atoms with Gasteiger partial charge in [0.1, 0.15) is 0 Å². The van der Waals surface area contributed by atoms with E-state index in [2.05, 4.69) is 146 Å². The van der Waals surface area contributed by atoms with E-state index in [0.717, 1.165) is 0 Å². The molecule has 4 atom stereocenters. The zero-order valence-corrected chi connectivity index (χ0v) is 18.9. The van der Waals surface area contributed by atoms with Gasteiger partial charge in [0.2, 0.25) is 0 Å². The van der Waals surface area contributed by atoms with Crippen LogP contribution in [-0.4, -0.2) is 0 Å². The van der Waals surface area contributed by atoms with Crippen molar-refractivity contribution in [1.29, 1.82) is 0 Å². The molecule has 4 rings (SSSR count). The minimum atomic E-state index is 0.0972. The highest BCUT2D eigenvalue weighted by atomic mass is 15.1. The Kier molecular flexibility index (Phi) is 7.50. The molecule has 0 aliphatic heterocycles. The lowest BCUT2D eigenvalue weighted by molar-refractivity contribution is 0.333. The molecule has 2 nitrogen and oxygen atoms in total. The minimum Gasteiger partial charge on any atom is -0.302 e. The first-order chi connectivity index (χ1) is 15.7. The molecule has 0 saturated heterocycles. The summed E-state index contributed by atoms with van der Waals surface area (Å²) in [5.74, 6) is 0. The Morgan fingerprint density at radius 3 is 0.906 bits per heavy atom. The fraction of sp³-hybridized carbons (Fsp3) is 0.200. The molecule has 2 heteroatoms. The minimum absolute atomic E-state index is 0.0972. The van der Waals surface area contributed by atoms with Gasteiger partial charge in [0.25, 0.3) is 0 Å². The first-order valence-electron chi connectivity index (χ1n) is 11.4. The second kappa shape index (κ2) is 10.9. The summed E-state index contributed by atoms with van der Waals surface area (Å²) < 4.78 is 0. The van der Waals surface area contributed by atoms with Gasteiger partial charge >= 0.3 is 0 Å². The average Bonchev–Trinajstić information content (AvgIpc) is 2.88. The van der Waals surface area contributed by atoms with E-state index in [4.69, 9.17) is 0 Å². The number of benzene rings is 4. The Morgan fingerprint density at radius 1 is 0.375 bits per heavy atom. The molecule has 0 radical (unpaired) electrons. The fourth-order valence-electron chi connectivity index (χ4n) is 4.31. The van der Waals surface area contributed by atoms with E-state index in [1.54, 1.807) is 0 Å². The van der Waals surface area contributed by atoms with Gasteiger partial charge in [0, 0.05) is 12.1 Å². The van der Waals surface area contributed by atoms with Crippen molar-refractivity contribution in [2.75, 3.05) is 0 Å². The van der Waals surface area contributed by atoms with Gasteiger partial charge in [-0.3, -0.25) is 0 Å². The van der Waals surface area contributed by atoms with Crippen LogP contribution in [0.4, 0.5) is 0 Å². The molecular formula is C30H32N2. The lowest BCUT2D eigenvalue weighted by Gasteiger charge is -2.34. The molecular weight excluding hydrogens is 388 g/mol. The molecule has 162 valence electrons. The monoisotopic (exact) mass is 420 g/mol. The van der Waals surface area contributed by atoms with Crippen molar-refractivity contribution in [3.05, 3.63) is 144 Å². The highest BCUT2D eigenvalue weighted by molar-refractivity contribution is 5.30. The van der Waals surface area contributed by atoms with Crippen molar-refractivity contribution < 1.29 is 0 Å². The maximum atomic E-state index is 3.94. The highest BCUT2D eigenvalue weighted by Gasteiger charge is 2.28. The van der Waals surface area contributed by atoms with Crippen LogP contribution in [-0.2, 0) is 0 Å². The Balaban J connectivity index is 1.70. The molecule has 0 fully saturated rings. The third-order valence-electron chi connectivity index (χ3n) is 6.11. The summed E-state index contributed by atoms with van der Waals surface area (Å²) in [6.07, 6.45) is 0. The lowest BCUT2D eigenvalue weighted by atomic mass is 9.90. The van der Waals surface area contributed by atoms with Crippen LogP contribution in [0.1, 0.15) is 60.3 Å². The smallest absolute Gasteiger partial charge is 0.0523 e. The number of rotatable bonds is 9. The summed E-state index contributed by atoms with van der Waals surface area (Å²) in [5, 5.41) is 7.88. The predicted molar refractivity (Wildman–Crippen MR) is 134 cm³/mol. The summed E-state index contributed by atoms with van der Waals surface area (Å²) in [4.78, 5) is 0. The maximum absolute atomic E-state index is 3.94. The summed E-state index contributed by atoms with van der Waals surface area (Å²) in [5.41, 5.74) is 5.13. The average molecular weight is 421 g/mol. The Labute approximate surface area is 192 Å². The molecule has 0 heterocycles. The van der Waals surface area contributed by atoms with Crippen LogP contribution in [0.15, 0.2) is 121 Å². The largest absolute Gasteiger partial charge is 0.302 e. The topological polar surface area (TPSA) is 24.1 Å². The molecule has 0 saturated carbocycles. The Hall–Kier alpha value is -3.20. The number of hydrogen-bond donors (Lipinski definition) is 2. The van der Waals surface area contributed by atoms with Crippen LogP contribution in [0.25, 0.3) is 0 Å². The molecule has 0 bridgehead atoms. The Bertz CT molecular complexity index is 960. The van der Waals surface area contributed by atoms with Crippen molar-refractivity contribution in [2.45, 2.75) is 38.0 Å². The van der Waals surface area contributed by atoms with E-state index >= 15 is 0 Å². The predicted octanol–water partition coefficient (Wildman–Crippen LogP) is 7.17. The molecule has 0 aliphatic carbocycles. The zero-order chi connectivity index (χ0) is 22.2. The van der Waals surface area contributed by atoms with Gasteiger partial charge in [0.15, 0.2) is 0 Å². The quantitative estimate of drug-likeness (QED) is 0.300. The first kappa shape index (κ1) is 22.0. The van der Waals surface area contributed by atoms with Crippen LogP contribution in [0.3, 0.4) is 0 Å².